The van der Waals surface area contributed by atoms with Gasteiger partial charge in [0.15, 0.2) is 0 Å². The van der Waals surface area contributed by atoms with Gasteiger partial charge < -0.3 is 15.0 Å². The Morgan fingerprint density at radius 2 is 2.04 bits per heavy atom. The maximum absolute atomic E-state index is 13.2. The van der Waals surface area contributed by atoms with Crippen LogP contribution in [0.5, 0.6) is 0 Å². The van der Waals surface area contributed by atoms with E-state index < -0.39 is 29.6 Å². The molecule has 6 nitrogen and oxygen atoms in total. The molecular weight excluding hydrogens is 349 g/mol. The molecule has 1 aliphatic rings. The highest BCUT2D eigenvalue weighted by atomic mass is 19.4. The number of hydrogen-bond acceptors (Lipinski definition) is 6. The van der Waals surface area contributed by atoms with Crippen LogP contribution in [0.15, 0.2) is 6.07 Å². The summed E-state index contributed by atoms with van der Waals surface area (Å²) in [5, 5.41) is 2.86. The van der Waals surface area contributed by atoms with E-state index in [0.29, 0.717) is 25.9 Å². The van der Waals surface area contributed by atoms with Gasteiger partial charge in [0.05, 0.1) is 0 Å². The lowest BCUT2D eigenvalue weighted by molar-refractivity contribution is -0.156. The van der Waals surface area contributed by atoms with E-state index >= 15 is 0 Å². The van der Waals surface area contributed by atoms with Crippen molar-refractivity contribution in [2.75, 3.05) is 23.3 Å². The minimum atomic E-state index is -4.67. The number of nitrogens with zero attached hydrogens (tertiary/aromatic N) is 3. The molecule has 2 rings (SSSR count). The van der Waals surface area contributed by atoms with Gasteiger partial charge in [-0.15, -0.1) is 0 Å². The van der Waals surface area contributed by atoms with Crippen molar-refractivity contribution in [2.24, 2.45) is 0 Å². The number of rotatable bonds is 5. The predicted molar refractivity (Wildman–Crippen MR) is 92.0 cm³/mol. The van der Waals surface area contributed by atoms with E-state index in [0.717, 1.165) is 6.42 Å². The number of anilines is 2. The Labute approximate surface area is 151 Å². The van der Waals surface area contributed by atoms with E-state index in [-0.39, 0.29) is 11.6 Å². The molecule has 0 spiro atoms. The standard InChI is InChI=1S/C17H25F3N4O2/c1-5-8-21-12-10-13(23-15(22-12)17(18,19)20)24-9-6-7-11(24)14(25)26-16(2,3)4/h10-11H,5-9H2,1-4H3,(H,21,22,23)/t11-/m0/s1. The molecule has 0 unspecified atom stereocenters. The molecule has 0 radical (unpaired) electrons. The normalized spacial score (nSPS) is 18.1. The number of carbonyl (C=O) groups is 1. The van der Waals surface area contributed by atoms with Gasteiger partial charge in [0, 0.05) is 19.2 Å². The first-order chi connectivity index (χ1) is 12.0. The Morgan fingerprint density at radius 1 is 1.35 bits per heavy atom. The molecule has 1 aromatic rings. The van der Waals surface area contributed by atoms with Crippen molar-refractivity contribution >= 4 is 17.6 Å². The largest absolute Gasteiger partial charge is 0.458 e. The van der Waals surface area contributed by atoms with Crippen molar-refractivity contribution in [1.29, 1.82) is 0 Å². The first-order valence-electron chi connectivity index (χ1n) is 8.71. The maximum atomic E-state index is 13.2. The average Bonchev–Trinajstić information content (AvgIpc) is 3.00. The van der Waals surface area contributed by atoms with Gasteiger partial charge in [-0.05, 0) is 40.0 Å². The molecule has 2 heterocycles. The average molecular weight is 374 g/mol. The van der Waals surface area contributed by atoms with Crippen molar-refractivity contribution in [1.82, 2.24) is 9.97 Å². The summed E-state index contributed by atoms with van der Waals surface area (Å²) in [4.78, 5) is 21.2. The molecular formula is C17H25F3N4O2. The third kappa shape index (κ3) is 5.22. The summed E-state index contributed by atoms with van der Waals surface area (Å²) in [6, 6.07) is 0.803. The third-order valence-corrected chi connectivity index (χ3v) is 3.75. The topological polar surface area (TPSA) is 67.4 Å². The van der Waals surface area contributed by atoms with Crippen LogP contribution in [0, 0.1) is 0 Å². The Balaban J connectivity index is 2.34. The summed E-state index contributed by atoms with van der Waals surface area (Å²) in [6.45, 7) is 8.09. The zero-order valence-corrected chi connectivity index (χ0v) is 15.5. The zero-order valence-electron chi connectivity index (χ0n) is 15.5. The van der Waals surface area contributed by atoms with E-state index in [1.807, 2.05) is 6.92 Å². The van der Waals surface area contributed by atoms with Crippen LogP contribution in [0.3, 0.4) is 0 Å². The van der Waals surface area contributed by atoms with Crippen LogP contribution in [0.4, 0.5) is 24.8 Å². The third-order valence-electron chi connectivity index (χ3n) is 3.75. The predicted octanol–water partition coefficient (Wildman–Crippen LogP) is 3.63. The Hall–Kier alpha value is -2.06. The Bertz CT molecular complexity index is 644. The lowest BCUT2D eigenvalue weighted by Gasteiger charge is -2.28. The van der Waals surface area contributed by atoms with Crippen LogP contribution in [0.2, 0.25) is 0 Å². The summed E-state index contributed by atoms with van der Waals surface area (Å²) in [6.07, 6.45) is -2.74. The van der Waals surface area contributed by atoms with Crippen molar-refractivity contribution < 1.29 is 22.7 Å². The molecule has 26 heavy (non-hydrogen) atoms. The summed E-state index contributed by atoms with van der Waals surface area (Å²) < 4.78 is 44.9. The molecule has 9 heteroatoms. The van der Waals surface area contributed by atoms with Crippen LogP contribution < -0.4 is 10.2 Å². The molecule has 0 aromatic carbocycles. The first-order valence-corrected chi connectivity index (χ1v) is 8.71. The molecule has 146 valence electrons. The number of esters is 1. The van der Waals surface area contributed by atoms with Gasteiger partial charge >= 0.3 is 12.1 Å². The number of ether oxygens (including phenoxy) is 1. The molecule has 1 aromatic heterocycles. The minimum absolute atomic E-state index is 0.0827. The highest BCUT2D eigenvalue weighted by Crippen LogP contribution is 2.32. The summed E-state index contributed by atoms with van der Waals surface area (Å²) in [5.41, 5.74) is -0.665. The van der Waals surface area contributed by atoms with E-state index in [9.17, 15) is 18.0 Å². The van der Waals surface area contributed by atoms with Gasteiger partial charge in [0.1, 0.15) is 23.3 Å². The smallest absolute Gasteiger partial charge is 0.451 e. The number of carbonyl (C=O) groups excluding carboxylic acids is 1. The van der Waals surface area contributed by atoms with Gasteiger partial charge in [-0.1, -0.05) is 6.92 Å². The Morgan fingerprint density at radius 3 is 2.62 bits per heavy atom. The number of aromatic nitrogens is 2. The van der Waals surface area contributed by atoms with Gasteiger partial charge in [0.2, 0.25) is 5.82 Å². The maximum Gasteiger partial charge on any atom is 0.451 e. The second-order valence-corrected chi connectivity index (χ2v) is 7.24. The number of halogens is 3. The molecule has 1 atom stereocenters. The summed E-state index contributed by atoms with van der Waals surface area (Å²) >= 11 is 0. The molecule has 1 fully saturated rings. The van der Waals surface area contributed by atoms with Gasteiger partial charge in [-0.25, -0.2) is 14.8 Å². The number of nitrogens with one attached hydrogen (secondary N) is 1. The summed E-state index contributed by atoms with van der Waals surface area (Å²) in [7, 11) is 0. The fourth-order valence-corrected chi connectivity index (χ4v) is 2.71. The van der Waals surface area contributed by atoms with Crippen LogP contribution >= 0.6 is 0 Å². The van der Waals surface area contributed by atoms with Crippen LogP contribution in [-0.4, -0.2) is 40.7 Å². The molecule has 1 aliphatic heterocycles. The van der Waals surface area contributed by atoms with Gasteiger partial charge in [-0.2, -0.15) is 13.2 Å². The fraction of sp³-hybridized carbons (Fsp3) is 0.706. The second kappa shape index (κ2) is 7.67. The summed E-state index contributed by atoms with van der Waals surface area (Å²) in [5.74, 6) is -1.49. The van der Waals surface area contributed by atoms with Crippen molar-refractivity contribution in [3.63, 3.8) is 0 Å². The molecule has 1 N–H and O–H groups in total. The van der Waals surface area contributed by atoms with Crippen LogP contribution in [-0.2, 0) is 15.7 Å². The molecule has 1 saturated heterocycles. The molecule has 0 aliphatic carbocycles. The molecule has 0 saturated carbocycles. The van der Waals surface area contributed by atoms with Crippen molar-refractivity contribution in [2.45, 2.75) is 64.8 Å². The first kappa shape index (κ1) is 20.3. The van der Waals surface area contributed by atoms with E-state index in [2.05, 4.69) is 15.3 Å². The second-order valence-electron chi connectivity index (χ2n) is 7.24. The monoisotopic (exact) mass is 374 g/mol. The quantitative estimate of drug-likeness (QED) is 0.794. The SMILES string of the molecule is CCCNc1cc(N2CCC[C@H]2C(=O)OC(C)(C)C)nc(C(F)(F)F)n1. The van der Waals surface area contributed by atoms with Crippen molar-refractivity contribution in [3.05, 3.63) is 11.9 Å². The number of hydrogen-bond donors (Lipinski definition) is 1. The van der Waals surface area contributed by atoms with Crippen molar-refractivity contribution in [3.8, 4) is 0 Å². The van der Waals surface area contributed by atoms with E-state index in [1.165, 1.54) is 6.07 Å². The lowest BCUT2D eigenvalue weighted by Crippen LogP contribution is -2.41. The molecule has 0 bridgehead atoms. The van der Waals surface area contributed by atoms with E-state index in [1.54, 1.807) is 25.7 Å². The Kier molecular flexibility index (Phi) is 5.98. The van der Waals surface area contributed by atoms with Crippen LogP contribution in [0.25, 0.3) is 0 Å². The van der Waals surface area contributed by atoms with Crippen LogP contribution in [0.1, 0.15) is 52.8 Å². The zero-order chi connectivity index (χ0) is 19.5. The highest BCUT2D eigenvalue weighted by molar-refractivity contribution is 5.81. The fourth-order valence-electron chi connectivity index (χ4n) is 2.71. The highest BCUT2D eigenvalue weighted by Gasteiger charge is 2.39. The van der Waals surface area contributed by atoms with Gasteiger partial charge in [0.25, 0.3) is 0 Å². The minimum Gasteiger partial charge on any atom is -0.458 e. The lowest BCUT2D eigenvalue weighted by atomic mass is 10.1. The van der Waals surface area contributed by atoms with Gasteiger partial charge in [-0.3, -0.25) is 0 Å². The molecule has 0 amide bonds. The number of alkyl halides is 3. The van der Waals surface area contributed by atoms with E-state index in [4.69, 9.17) is 4.74 Å².